The lowest BCUT2D eigenvalue weighted by Gasteiger charge is -2.54. The molecule has 9 nitrogen and oxygen atoms in total. The van der Waals surface area contributed by atoms with E-state index in [9.17, 15) is 19.5 Å². The molecule has 0 spiro atoms. The summed E-state index contributed by atoms with van der Waals surface area (Å²) in [5.74, 6) is -3.53. The van der Waals surface area contributed by atoms with Gasteiger partial charge in [-0.15, -0.1) is 0 Å². The van der Waals surface area contributed by atoms with Crippen molar-refractivity contribution in [2.24, 2.45) is 28.1 Å². The normalized spacial score (nSPS) is 44.7. The van der Waals surface area contributed by atoms with E-state index >= 15 is 0 Å². The fraction of sp³-hybridized carbons (Fsp3) is 0.621. The highest BCUT2D eigenvalue weighted by atomic mass is 16.7. The van der Waals surface area contributed by atoms with Crippen LogP contribution in [0.4, 0.5) is 0 Å². The number of aliphatic hydroxyl groups is 1. The van der Waals surface area contributed by atoms with Gasteiger partial charge < -0.3 is 28.5 Å². The second kappa shape index (κ2) is 8.05. The van der Waals surface area contributed by atoms with Gasteiger partial charge in [0.15, 0.2) is 5.79 Å². The fourth-order valence-electron chi connectivity index (χ4n) is 8.67. The lowest BCUT2D eigenvalue weighted by Crippen LogP contribution is -2.55. The van der Waals surface area contributed by atoms with Crippen molar-refractivity contribution >= 4 is 17.9 Å². The molecule has 2 aliphatic carbocycles. The van der Waals surface area contributed by atoms with Crippen LogP contribution in [0.2, 0.25) is 0 Å². The summed E-state index contributed by atoms with van der Waals surface area (Å²) in [5, 5.41) is 12.2. The molecule has 0 unspecified atom stereocenters. The van der Waals surface area contributed by atoms with Crippen molar-refractivity contribution in [2.45, 2.75) is 77.5 Å². The van der Waals surface area contributed by atoms with E-state index in [-0.39, 0.29) is 18.8 Å². The summed E-state index contributed by atoms with van der Waals surface area (Å²) in [6.45, 7) is 7.37. The van der Waals surface area contributed by atoms with Crippen molar-refractivity contribution in [2.75, 3.05) is 7.11 Å². The monoisotopic (exact) mass is 526 g/mol. The van der Waals surface area contributed by atoms with Gasteiger partial charge in [-0.1, -0.05) is 20.8 Å². The number of ether oxygens (including phenoxy) is 4. The summed E-state index contributed by atoms with van der Waals surface area (Å²) < 4.78 is 28.6. The molecule has 3 fully saturated rings. The molecule has 4 heterocycles. The Morgan fingerprint density at radius 1 is 1.24 bits per heavy atom. The molecular weight excluding hydrogens is 492 g/mol. The first-order chi connectivity index (χ1) is 17.9. The van der Waals surface area contributed by atoms with E-state index in [1.807, 2.05) is 19.9 Å². The number of carbonyl (C=O) groups is 3. The predicted octanol–water partition coefficient (Wildman–Crippen LogP) is 3.77. The minimum absolute atomic E-state index is 0.0411. The molecule has 2 saturated carbocycles. The van der Waals surface area contributed by atoms with Crippen molar-refractivity contribution in [1.82, 2.24) is 0 Å². The molecular formula is C29H34O9. The smallest absolute Gasteiger partial charge is 0.331 e. The first-order valence-electron chi connectivity index (χ1n) is 13.2. The highest BCUT2D eigenvalue weighted by Crippen LogP contribution is 2.74. The molecule has 9 atom stereocenters. The molecule has 5 aliphatic rings. The van der Waals surface area contributed by atoms with Crippen molar-refractivity contribution in [1.29, 1.82) is 0 Å². The molecule has 6 rings (SSSR count). The average molecular weight is 527 g/mol. The minimum atomic E-state index is -1.57. The number of rotatable bonds is 4. The van der Waals surface area contributed by atoms with Crippen LogP contribution in [0.25, 0.3) is 0 Å². The van der Waals surface area contributed by atoms with Gasteiger partial charge in [-0.25, -0.2) is 4.79 Å². The Labute approximate surface area is 221 Å². The maximum Gasteiger partial charge on any atom is 0.331 e. The van der Waals surface area contributed by atoms with Crippen LogP contribution in [-0.2, 0) is 33.3 Å². The number of carbonyl (C=O) groups excluding carboxylic acids is 3. The molecule has 3 aliphatic heterocycles. The molecule has 1 aromatic rings. The van der Waals surface area contributed by atoms with E-state index in [1.165, 1.54) is 14.0 Å². The van der Waals surface area contributed by atoms with Gasteiger partial charge in [-0.05, 0) is 48.0 Å². The zero-order valence-corrected chi connectivity index (χ0v) is 22.3. The Balaban J connectivity index is 1.55. The SMILES string of the molecule is COC(=O)C[C@H]1[C@]2(C)C[C@]3(O)O[C@@H](C=C4C5=CC(=O)O[C@@H](c6ccoc6)[C@]5(C)CC[C@@H]4[C@]13C)[C@H]2OC(C)=O. The highest BCUT2D eigenvalue weighted by molar-refractivity contribution is 5.86. The Kier molecular flexibility index (Phi) is 5.38. The second-order valence-electron chi connectivity index (χ2n) is 12.3. The summed E-state index contributed by atoms with van der Waals surface area (Å²) in [6.07, 6.45) is 6.20. The molecule has 38 heavy (non-hydrogen) atoms. The van der Waals surface area contributed by atoms with Gasteiger partial charge in [0.1, 0.15) is 18.3 Å². The average Bonchev–Trinajstić information content (AvgIpc) is 3.40. The Morgan fingerprint density at radius 3 is 2.66 bits per heavy atom. The van der Waals surface area contributed by atoms with Crippen LogP contribution in [0.5, 0.6) is 0 Å². The van der Waals surface area contributed by atoms with Crippen LogP contribution < -0.4 is 0 Å². The number of fused-ring (bicyclic) bond motifs is 6. The summed E-state index contributed by atoms with van der Waals surface area (Å²) >= 11 is 0. The third-order valence-corrected chi connectivity index (χ3v) is 10.4. The summed E-state index contributed by atoms with van der Waals surface area (Å²) in [6, 6.07) is 1.81. The number of cyclic esters (lactones) is 1. The van der Waals surface area contributed by atoms with E-state index in [0.29, 0.717) is 12.8 Å². The van der Waals surface area contributed by atoms with Gasteiger partial charge in [-0.3, -0.25) is 9.59 Å². The fourth-order valence-corrected chi connectivity index (χ4v) is 8.67. The van der Waals surface area contributed by atoms with Gasteiger partial charge in [0.25, 0.3) is 0 Å². The van der Waals surface area contributed by atoms with E-state index in [4.69, 9.17) is 23.4 Å². The van der Waals surface area contributed by atoms with Crippen LogP contribution in [-0.4, -0.2) is 48.1 Å². The van der Waals surface area contributed by atoms with E-state index < -0.39 is 64.2 Å². The van der Waals surface area contributed by atoms with Gasteiger partial charge in [0, 0.05) is 47.6 Å². The lowest BCUT2D eigenvalue weighted by molar-refractivity contribution is -0.307. The standard InChI is InChI=1S/C29H34O9/c1-15(30)36-25-20-10-17-18(28(4)21(12-22(31)34-5)27(25,3)14-29(28,33)38-20)6-8-26(2)19(17)11-23(32)37-24(26)16-7-9-35-13-16/h7,9-11,13,18,20-21,24-25,33H,6,8,12,14H2,1-5H3/t18-,20-,21-,24-,25+,26+,27-,28+,29-/m0/s1. The van der Waals surface area contributed by atoms with Gasteiger partial charge >= 0.3 is 17.9 Å². The van der Waals surface area contributed by atoms with Crippen LogP contribution in [0.1, 0.15) is 65.0 Å². The summed E-state index contributed by atoms with van der Waals surface area (Å²) in [7, 11) is 1.35. The zero-order chi connectivity index (χ0) is 27.3. The third kappa shape index (κ3) is 3.14. The van der Waals surface area contributed by atoms with Crippen LogP contribution >= 0.6 is 0 Å². The van der Waals surface area contributed by atoms with E-state index in [2.05, 4.69) is 6.92 Å². The Bertz CT molecular complexity index is 1260. The number of hydrogen-bond donors (Lipinski definition) is 1. The number of methoxy groups -OCH3 is 1. The third-order valence-electron chi connectivity index (χ3n) is 10.4. The van der Waals surface area contributed by atoms with E-state index in [0.717, 1.165) is 16.7 Å². The maximum absolute atomic E-state index is 12.9. The van der Waals surface area contributed by atoms with Crippen molar-refractivity contribution in [3.05, 3.63) is 47.5 Å². The zero-order valence-electron chi connectivity index (χ0n) is 22.3. The summed E-state index contributed by atoms with van der Waals surface area (Å²) in [5.41, 5.74) is 0.247. The predicted molar refractivity (Wildman–Crippen MR) is 131 cm³/mol. The molecule has 204 valence electrons. The second-order valence-corrected chi connectivity index (χ2v) is 12.3. The summed E-state index contributed by atoms with van der Waals surface area (Å²) in [4.78, 5) is 38.0. The molecule has 0 aromatic carbocycles. The van der Waals surface area contributed by atoms with Crippen molar-refractivity contribution < 1.29 is 42.9 Å². The van der Waals surface area contributed by atoms with Crippen LogP contribution in [0, 0.1) is 28.1 Å². The first kappa shape index (κ1) is 25.4. The Morgan fingerprint density at radius 2 is 2.00 bits per heavy atom. The molecule has 1 aromatic heterocycles. The molecule has 9 heteroatoms. The van der Waals surface area contributed by atoms with Gasteiger partial charge in [0.2, 0.25) is 0 Å². The van der Waals surface area contributed by atoms with Crippen molar-refractivity contribution in [3.8, 4) is 0 Å². The van der Waals surface area contributed by atoms with E-state index in [1.54, 1.807) is 24.7 Å². The number of hydrogen-bond acceptors (Lipinski definition) is 9. The maximum atomic E-state index is 12.9. The molecule has 3 bridgehead atoms. The van der Waals surface area contributed by atoms with Crippen molar-refractivity contribution in [3.63, 3.8) is 0 Å². The van der Waals surface area contributed by atoms with Gasteiger partial charge in [-0.2, -0.15) is 0 Å². The van der Waals surface area contributed by atoms with Crippen LogP contribution in [0.15, 0.2) is 46.3 Å². The van der Waals surface area contributed by atoms with Crippen LogP contribution in [0.3, 0.4) is 0 Å². The number of allylic oxidation sites excluding steroid dienone is 1. The molecule has 0 radical (unpaired) electrons. The minimum Gasteiger partial charge on any atom is -0.472 e. The molecule has 0 amide bonds. The van der Waals surface area contributed by atoms with Gasteiger partial charge in [0.05, 0.1) is 19.6 Å². The lowest BCUT2D eigenvalue weighted by atomic mass is 9.51. The highest BCUT2D eigenvalue weighted by Gasteiger charge is 2.77. The number of esters is 3. The molecule has 1 N–H and O–H groups in total. The molecule has 1 saturated heterocycles. The number of furan rings is 1. The quantitative estimate of drug-likeness (QED) is 0.461. The Hall–Kier alpha value is -2.91. The largest absolute Gasteiger partial charge is 0.472 e. The topological polar surface area (TPSA) is 122 Å². The first-order valence-corrected chi connectivity index (χ1v) is 13.2.